The first kappa shape index (κ1) is 15.5. The highest BCUT2D eigenvalue weighted by Gasteiger charge is 2.17. The van der Waals surface area contributed by atoms with Crippen molar-refractivity contribution >= 4 is 5.91 Å². The van der Waals surface area contributed by atoms with Crippen LogP contribution in [0, 0.1) is 5.82 Å². The standard InChI is InChI=1S/C18H19FN2O2/c19-16-4-1-13(2-5-16)12-23-17-6-3-15-10-21(11-18(20)22)8-7-14(15)9-17/h1-6,9H,7-8,10-12H2,(H2,20,22). The highest BCUT2D eigenvalue weighted by molar-refractivity contribution is 5.75. The summed E-state index contributed by atoms with van der Waals surface area (Å²) in [4.78, 5) is 13.1. The summed E-state index contributed by atoms with van der Waals surface area (Å²) in [5.74, 6) is 0.257. The lowest BCUT2D eigenvalue weighted by molar-refractivity contribution is -0.119. The van der Waals surface area contributed by atoms with Crippen LogP contribution in [0.5, 0.6) is 5.75 Å². The van der Waals surface area contributed by atoms with E-state index in [0.29, 0.717) is 13.2 Å². The highest BCUT2D eigenvalue weighted by Crippen LogP contribution is 2.24. The number of carbonyl (C=O) groups is 1. The van der Waals surface area contributed by atoms with Crippen molar-refractivity contribution < 1.29 is 13.9 Å². The molecule has 1 heterocycles. The molecule has 0 fully saturated rings. The van der Waals surface area contributed by atoms with Crippen molar-refractivity contribution in [3.63, 3.8) is 0 Å². The van der Waals surface area contributed by atoms with Crippen LogP contribution in [0.4, 0.5) is 4.39 Å². The van der Waals surface area contributed by atoms with Crippen molar-refractivity contribution in [3.8, 4) is 5.75 Å². The molecule has 0 saturated heterocycles. The van der Waals surface area contributed by atoms with Gasteiger partial charge < -0.3 is 10.5 Å². The molecule has 0 aliphatic carbocycles. The maximum absolute atomic E-state index is 12.9. The van der Waals surface area contributed by atoms with E-state index in [1.807, 2.05) is 23.1 Å². The number of rotatable bonds is 5. The third-order valence-corrected chi connectivity index (χ3v) is 3.97. The second-order valence-electron chi connectivity index (χ2n) is 5.77. The first-order valence-corrected chi connectivity index (χ1v) is 7.60. The van der Waals surface area contributed by atoms with Crippen LogP contribution in [-0.4, -0.2) is 23.9 Å². The van der Waals surface area contributed by atoms with Crippen LogP contribution in [-0.2, 0) is 24.4 Å². The second kappa shape index (κ2) is 6.79. The van der Waals surface area contributed by atoms with Crippen LogP contribution in [0.3, 0.4) is 0 Å². The van der Waals surface area contributed by atoms with Crippen molar-refractivity contribution in [2.75, 3.05) is 13.1 Å². The Morgan fingerprint density at radius 3 is 2.70 bits per heavy atom. The number of carbonyl (C=O) groups excluding carboxylic acids is 1. The molecule has 2 aromatic carbocycles. The van der Waals surface area contributed by atoms with Gasteiger partial charge in [-0.2, -0.15) is 0 Å². The van der Waals surface area contributed by atoms with Crippen LogP contribution >= 0.6 is 0 Å². The van der Waals surface area contributed by atoms with Crippen LogP contribution in [0.2, 0.25) is 0 Å². The van der Waals surface area contributed by atoms with Gasteiger partial charge in [0.2, 0.25) is 5.91 Å². The Kier molecular flexibility index (Phi) is 4.57. The lowest BCUT2D eigenvalue weighted by atomic mass is 9.99. The fourth-order valence-electron chi connectivity index (χ4n) is 2.78. The Morgan fingerprint density at radius 2 is 1.96 bits per heavy atom. The van der Waals surface area contributed by atoms with Gasteiger partial charge in [0.25, 0.3) is 0 Å². The van der Waals surface area contributed by atoms with Gasteiger partial charge in [-0.05, 0) is 47.4 Å². The number of hydrogen-bond acceptors (Lipinski definition) is 3. The summed E-state index contributed by atoms with van der Waals surface area (Å²) in [6.07, 6.45) is 0.871. The summed E-state index contributed by atoms with van der Waals surface area (Å²) in [6, 6.07) is 12.3. The average Bonchev–Trinajstić information content (AvgIpc) is 2.54. The van der Waals surface area contributed by atoms with Gasteiger partial charge in [-0.1, -0.05) is 18.2 Å². The zero-order valence-corrected chi connectivity index (χ0v) is 12.8. The zero-order valence-electron chi connectivity index (χ0n) is 12.8. The minimum Gasteiger partial charge on any atom is -0.489 e. The van der Waals surface area contributed by atoms with Crippen molar-refractivity contribution in [1.82, 2.24) is 4.90 Å². The number of primary amides is 1. The fourth-order valence-corrected chi connectivity index (χ4v) is 2.78. The van der Waals surface area contributed by atoms with E-state index < -0.39 is 0 Å². The van der Waals surface area contributed by atoms with Crippen LogP contribution in [0.15, 0.2) is 42.5 Å². The quantitative estimate of drug-likeness (QED) is 0.921. The maximum atomic E-state index is 12.9. The van der Waals surface area contributed by atoms with Gasteiger partial charge in [-0.15, -0.1) is 0 Å². The molecule has 0 atom stereocenters. The Balaban J connectivity index is 1.63. The summed E-state index contributed by atoms with van der Waals surface area (Å²) in [5.41, 5.74) is 8.61. The SMILES string of the molecule is NC(=O)CN1CCc2cc(OCc3ccc(F)cc3)ccc2C1. The Labute approximate surface area is 134 Å². The molecule has 23 heavy (non-hydrogen) atoms. The molecule has 5 heteroatoms. The second-order valence-corrected chi connectivity index (χ2v) is 5.77. The van der Waals surface area contributed by atoms with E-state index in [1.165, 1.54) is 23.3 Å². The molecule has 2 N–H and O–H groups in total. The smallest absolute Gasteiger partial charge is 0.231 e. The van der Waals surface area contributed by atoms with Crippen molar-refractivity contribution in [1.29, 1.82) is 0 Å². The number of benzene rings is 2. The van der Waals surface area contributed by atoms with Gasteiger partial charge in [0.1, 0.15) is 18.2 Å². The molecule has 2 aromatic rings. The Hall–Kier alpha value is -2.40. The lowest BCUT2D eigenvalue weighted by Gasteiger charge is -2.27. The number of fused-ring (bicyclic) bond motifs is 1. The first-order valence-electron chi connectivity index (χ1n) is 7.60. The number of nitrogens with two attached hydrogens (primary N) is 1. The summed E-state index contributed by atoms with van der Waals surface area (Å²) < 4.78 is 18.7. The van der Waals surface area contributed by atoms with Gasteiger partial charge >= 0.3 is 0 Å². The Bertz CT molecular complexity index is 701. The van der Waals surface area contributed by atoms with E-state index in [9.17, 15) is 9.18 Å². The van der Waals surface area contributed by atoms with Crippen LogP contribution < -0.4 is 10.5 Å². The molecule has 3 rings (SSSR count). The molecular formula is C18H19FN2O2. The topological polar surface area (TPSA) is 55.6 Å². The third-order valence-electron chi connectivity index (χ3n) is 3.97. The maximum Gasteiger partial charge on any atom is 0.231 e. The lowest BCUT2D eigenvalue weighted by Crippen LogP contribution is -2.37. The zero-order chi connectivity index (χ0) is 16.2. The first-order chi connectivity index (χ1) is 11.1. The molecule has 1 amide bonds. The Morgan fingerprint density at radius 1 is 1.17 bits per heavy atom. The number of hydrogen-bond donors (Lipinski definition) is 1. The van der Waals surface area contributed by atoms with E-state index in [2.05, 4.69) is 0 Å². The van der Waals surface area contributed by atoms with Gasteiger partial charge in [0, 0.05) is 13.1 Å². The summed E-state index contributed by atoms with van der Waals surface area (Å²) in [7, 11) is 0. The largest absolute Gasteiger partial charge is 0.489 e. The van der Waals surface area contributed by atoms with Gasteiger partial charge in [-0.3, -0.25) is 9.69 Å². The van der Waals surface area contributed by atoms with Crippen molar-refractivity contribution in [2.45, 2.75) is 19.6 Å². The predicted molar refractivity (Wildman–Crippen MR) is 85.3 cm³/mol. The number of halogens is 1. The molecular weight excluding hydrogens is 295 g/mol. The number of ether oxygens (including phenoxy) is 1. The van der Waals surface area contributed by atoms with Gasteiger partial charge in [0.05, 0.1) is 6.54 Å². The van der Waals surface area contributed by atoms with Gasteiger partial charge in [-0.25, -0.2) is 4.39 Å². The summed E-state index contributed by atoms with van der Waals surface area (Å²) in [6.45, 7) is 2.25. The summed E-state index contributed by atoms with van der Waals surface area (Å²) in [5, 5.41) is 0. The van der Waals surface area contributed by atoms with Gasteiger partial charge in [0.15, 0.2) is 0 Å². The number of amides is 1. The average molecular weight is 314 g/mol. The monoisotopic (exact) mass is 314 g/mol. The van der Waals surface area contributed by atoms with Crippen LogP contribution in [0.1, 0.15) is 16.7 Å². The molecule has 0 aromatic heterocycles. The molecule has 0 spiro atoms. The van der Waals surface area contributed by atoms with E-state index in [0.717, 1.165) is 30.8 Å². The fraction of sp³-hybridized carbons (Fsp3) is 0.278. The number of nitrogens with zero attached hydrogens (tertiary/aromatic N) is 1. The molecule has 0 bridgehead atoms. The van der Waals surface area contributed by atoms with Crippen molar-refractivity contribution in [3.05, 3.63) is 65.0 Å². The van der Waals surface area contributed by atoms with E-state index in [1.54, 1.807) is 12.1 Å². The minimum atomic E-state index is -0.298. The van der Waals surface area contributed by atoms with E-state index >= 15 is 0 Å². The molecule has 1 aliphatic rings. The van der Waals surface area contributed by atoms with E-state index in [-0.39, 0.29) is 11.7 Å². The third kappa shape index (κ3) is 4.07. The molecule has 0 radical (unpaired) electrons. The van der Waals surface area contributed by atoms with Crippen molar-refractivity contribution in [2.24, 2.45) is 5.73 Å². The van der Waals surface area contributed by atoms with E-state index in [4.69, 9.17) is 10.5 Å². The molecule has 120 valence electrons. The minimum absolute atomic E-state index is 0.247. The molecule has 0 unspecified atom stereocenters. The highest BCUT2D eigenvalue weighted by atomic mass is 19.1. The summed E-state index contributed by atoms with van der Waals surface area (Å²) >= 11 is 0. The normalized spacial score (nSPS) is 14.3. The molecule has 4 nitrogen and oxygen atoms in total. The molecule has 1 aliphatic heterocycles. The predicted octanol–water partition coefficient (Wildman–Crippen LogP) is 2.25. The molecule has 0 saturated carbocycles. The van der Waals surface area contributed by atoms with Crippen LogP contribution in [0.25, 0.3) is 0 Å².